The monoisotopic (exact) mass is 377 g/mol. The van der Waals surface area contributed by atoms with Crippen LogP contribution in [0.15, 0.2) is 40.8 Å². The average Bonchev–Trinajstić information content (AvgIpc) is 3.24. The molecule has 2 aromatic heterocycles. The lowest BCUT2D eigenvalue weighted by atomic mass is 10.1. The normalized spacial score (nSPS) is 11.2. The first-order valence-electron chi connectivity index (χ1n) is 7.25. The second kappa shape index (κ2) is 6.34. The van der Waals surface area contributed by atoms with Gasteiger partial charge in [0.1, 0.15) is 11.4 Å². The number of rotatable bonds is 4. The highest BCUT2D eigenvalue weighted by molar-refractivity contribution is 6.42. The molecule has 2 heterocycles. The summed E-state index contributed by atoms with van der Waals surface area (Å²) in [5.74, 6) is 0.346. The number of aromatic nitrogens is 4. The number of aromatic amines is 1. The van der Waals surface area contributed by atoms with Crippen molar-refractivity contribution >= 4 is 39.9 Å². The van der Waals surface area contributed by atoms with Crippen LogP contribution in [-0.4, -0.2) is 20.6 Å². The summed E-state index contributed by atoms with van der Waals surface area (Å²) in [5.41, 5.74) is 1.64. The maximum absolute atomic E-state index is 14.3. The Hall–Kier alpha value is -2.64. The van der Waals surface area contributed by atoms with E-state index in [4.69, 9.17) is 27.6 Å². The van der Waals surface area contributed by atoms with Crippen molar-refractivity contribution in [2.75, 3.05) is 5.32 Å². The third kappa shape index (κ3) is 3.16. The van der Waals surface area contributed by atoms with Gasteiger partial charge in [-0.2, -0.15) is 5.21 Å². The number of fused-ring (bicyclic) bond motifs is 1. The second-order valence-corrected chi connectivity index (χ2v) is 6.12. The van der Waals surface area contributed by atoms with Gasteiger partial charge < -0.3 is 9.73 Å². The average molecular weight is 378 g/mol. The summed E-state index contributed by atoms with van der Waals surface area (Å²) in [4.78, 5) is 0. The zero-order valence-electron chi connectivity index (χ0n) is 12.6. The van der Waals surface area contributed by atoms with E-state index in [1.165, 1.54) is 6.07 Å². The topological polar surface area (TPSA) is 79.6 Å². The van der Waals surface area contributed by atoms with Crippen molar-refractivity contribution in [3.8, 4) is 11.6 Å². The summed E-state index contributed by atoms with van der Waals surface area (Å²) in [5, 5.41) is 18.3. The first-order chi connectivity index (χ1) is 12.1. The molecular weight excluding hydrogens is 368 g/mol. The van der Waals surface area contributed by atoms with Crippen LogP contribution in [0.2, 0.25) is 10.0 Å². The molecular formula is C16H10Cl2FN5O. The Morgan fingerprint density at radius 3 is 2.76 bits per heavy atom. The third-order valence-electron chi connectivity index (χ3n) is 3.65. The minimum Gasteiger partial charge on any atom is -0.452 e. The highest BCUT2D eigenvalue weighted by Gasteiger charge is 2.13. The van der Waals surface area contributed by atoms with Gasteiger partial charge in [-0.25, -0.2) is 4.39 Å². The van der Waals surface area contributed by atoms with E-state index in [1.807, 2.05) is 0 Å². The van der Waals surface area contributed by atoms with Crippen LogP contribution >= 0.6 is 23.2 Å². The molecule has 126 valence electrons. The molecule has 2 N–H and O–H groups in total. The molecule has 0 amide bonds. The lowest BCUT2D eigenvalue weighted by Gasteiger charge is -2.08. The van der Waals surface area contributed by atoms with Gasteiger partial charge in [0, 0.05) is 29.2 Å². The van der Waals surface area contributed by atoms with E-state index in [-0.39, 0.29) is 12.4 Å². The SMILES string of the molecule is Fc1cc2oc(-c3nn[nH]n3)cc2cc1CNc1ccc(Cl)c(Cl)c1. The van der Waals surface area contributed by atoms with Gasteiger partial charge in [-0.05, 0) is 35.5 Å². The van der Waals surface area contributed by atoms with Gasteiger partial charge in [0.25, 0.3) is 0 Å². The summed E-state index contributed by atoms with van der Waals surface area (Å²) in [6.45, 7) is 0.280. The van der Waals surface area contributed by atoms with Gasteiger partial charge in [0.05, 0.1) is 10.0 Å². The van der Waals surface area contributed by atoms with E-state index in [9.17, 15) is 4.39 Å². The van der Waals surface area contributed by atoms with E-state index in [2.05, 4.69) is 25.9 Å². The van der Waals surface area contributed by atoms with Gasteiger partial charge in [0.15, 0.2) is 5.76 Å². The van der Waals surface area contributed by atoms with Crippen molar-refractivity contribution in [3.63, 3.8) is 0 Å². The molecule has 0 bridgehead atoms. The van der Waals surface area contributed by atoms with Gasteiger partial charge >= 0.3 is 0 Å². The molecule has 0 aliphatic carbocycles. The van der Waals surface area contributed by atoms with Crippen LogP contribution in [0.4, 0.5) is 10.1 Å². The van der Waals surface area contributed by atoms with Crippen LogP contribution in [0, 0.1) is 5.82 Å². The molecule has 0 aliphatic heterocycles. The number of furan rings is 1. The molecule has 0 saturated heterocycles. The Kier molecular flexibility index (Phi) is 4.03. The molecule has 0 fully saturated rings. The van der Waals surface area contributed by atoms with Crippen LogP contribution in [0.5, 0.6) is 0 Å². The summed E-state index contributed by atoms with van der Waals surface area (Å²) in [7, 11) is 0. The summed E-state index contributed by atoms with van der Waals surface area (Å²) in [6, 6.07) is 9.93. The first kappa shape index (κ1) is 15.9. The molecule has 0 radical (unpaired) electrons. The van der Waals surface area contributed by atoms with Gasteiger partial charge in [-0.3, -0.25) is 0 Å². The Morgan fingerprint density at radius 2 is 2.00 bits per heavy atom. The standard InChI is InChI=1S/C16H10Cl2FN5O/c17-11-2-1-10(5-12(11)18)20-7-9-3-8-4-15(16-21-23-24-22-16)25-14(8)6-13(9)19/h1-6,20H,7H2,(H,21,22,23,24). The predicted octanol–water partition coefficient (Wildman–Crippen LogP) is 4.67. The zero-order chi connectivity index (χ0) is 17.4. The van der Waals surface area contributed by atoms with Crippen molar-refractivity contribution in [2.24, 2.45) is 0 Å². The number of benzene rings is 2. The molecule has 25 heavy (non-hydrogen) atoms. The summed E-state index contributed by atoms with van der Waals surface area (Å²) < 4.78 is 19.9. The summed E-state index contributed by atoms with van der Waals surface area (Å²) >= 11 is 11.9. The lowest BCUT2D eigenvalue weighted by molar-refractivity contribution is 0.596. The van der Waals surface area contributed by atoms with E-state index >= 15 is 0 Å². The number of H-pyrrole nitrogens is 1. The van der Waals surface area contributed by atoms with E-state index < -0.39 is 0 Å². The van der Waals surface area contributed by atoms with E-state index in [0.717, 1.165) is 11.1 Å². The second-order valence-electron chi connectivity index (χ2n) is 5.31. The Balaban J connectivity index is 1.60. The molecule has 2 aromatic carbocycles. The molecule has 9 heteroatoms. The molecule has 0 spiro atoms. The Labute approximate surface area is 150 Å². The minimum absolute atomic E-state index is 0.280. The van der Waals surface area contributed by atoms with Crippen molar-refractivity contribution in [1.29, 1.82) is 0 Å². The molecule has 4 aromatic rings. The predicted molar refractivity (Wildman–Crippen MR) is 93.1 cm³/mol. The number of anilines is 1. The van der Waals surface area contributed by atoms with Crippen LogP contribution in [0.3, 0.4) is 0 Å². The first-order valence-corrected chi connectivity index (χ1v) is 8.00. The Bertz CT molecular complexity index is 1050. The number of hydrogen-bond acceptors (Lipinski definition) is 5. The quantitative estimate of drug-likeness (QED) is 0.540. The van der Waals surface area contributed by atoms with Gasteiger partial charge in [0.2, 0.25) is 5.82 Å². The van der Waals surface area contributed by atoms with Crippen LogP contribution in [0.1, 0.15) is 5.56 Å². The van der Waals surface area contributed by atoms with Crippen molar-refractivity contribution in [2.45, 2.75) is 6.54 Å². The maximum atomic E-state index is 14.3. The number of tetrazole rings is 1. The number of nitrogens with zero attached hydrogens (tertiary/aromatic N) is 3. The van der Waals surface area contributed by atoms with Crippen molar-refractivity contribution < 1.29 is 8.81 Å². The zero-order valence-corrected chi connectivity index (χ0v) is 14.1. The fourth-order valence-corrected chi connectivity index (χ4v) is 2.72. The van der Waals surface area contributed by atoms with Crippen molar-refractivity contribution in [1.82, 2.24) is 20.6 Å². The van der Waals surface area contributed by atoms with E-state index in [0.29, 0.717) is 32.8 Å². The Morgan fingerprint density at radius 1 is 1.12 bits per heavy atom. The van der Waals surface area contributed by atoms with Crippen LogP contribution in [-0.2, 0) is 6.54 Å². The number of nitrogens with one attached hydrogen (secondary N) is 2. The van der Waals surface area contributed by atoms with E-state index in [1.54, 1.807) is 30.3 Å². The molecule has 4 rings (SSSR count). The smallest absolute Gasteiger partial charge is 0.239 e. The molecule has 6 nitrogen and oxygen atoms in total. The largest absolute Gasteiger partial charge is 0.452 e. The molecule has 0 aliphatic rings. The van der Waals surface area contributed by atoms with Crippen LogP contribution in [0.25, 0.3) is 22.6 Å². The summed E-state index contributed by atoms with van der Waals surface area (Å²) in [6.07, 6.45) is 0. The minimum atomic E-state index is -0.380. The van der Waals surface area contributed by atoms with Crippen molar-refractivity contribution in [3.05, 3.63) is 57.8 Å². The lowest BCUT2D eigenvalue weighted by Crippen LogP contribution is -2.01. The van der Waals surface area contributed by atoms with Gasteiger partial charge in [-0.1, -0.05) is 23.2 Å². The molecule has 0 saturated carbocycles. The van der Waals surface area contributed by atoms with Gasteiger partial charge in [-0.15, -0.1) is 10.2 Å². The highest BCUT2D eigenvalue weighted by Crippen LogP contribution is 2.29. The third-order valence-corrected chi connectivity index (χ3v) is 4.39. The van der Waals surface area contributed by atoms with Crippen LogP contribution < -0.4 is 5.32 Å². The number of halogens is 3. The maximum Gasteiger partial charge on any atom is 0.239 e. The number of hydrogen-bond donors (Lipinski definition) is 2. The molecule has 0 atom stereocenters. The highest BCUT2D eigenvalue weighted by atomic mass is 35.5. The fraction of sp³-hybridized carbons (Fsp3) is 0.0625. The fourth-order valence-electron chi connectivity index (χ4n) is 2.42. The molecule has 0 unspecified atom stereocenters.